The van der Waals surface area contributed by atoms with E-state index in [0.29, 0.717) is 25.2 Å². The first-order valence-corrected chi connectivity index (χ1v) is 10.1. The Hall–Kier alpha value is -2.80. The van der Waals surface area contributed by atoms with Crippen LogP contribution in [0.15, 0.2) is 54.6 Å². The smallest absolute Gasteiger partial charge is 0.253 e. The first-order chi connectivity index (χ1) is 13.7. The summed E-state index contributed by atoms with van der Waals surface area (Å²) in [5.74, 6) is 0.444. The number of hydrogen-bond acceptors (Lipinski definition) is 5. The molecule has 0 unspecified atom stereocenters. The zero-order valence-electron chi connectivity index (χ0n) is 15.4. The molecular formula is C21H21FN4OS. The van der Waals surface area contributed by atoms with Gasteiger partial charge in [0.1, 0.15) is 11.6 Å². The molecular weight excluding hydrogens is 375 g/mol. The molecule has 5 nitrogen and oxygen atoms in total. The van der Waals surface area contributed by atoms with Gasteiger partial charge in [-0.1, -0.05) is 30.3 Å². The van der Waals surface area contributed by atoms with Crippen molar-refractivity contribution in [3.05, 3.63) is 77.4 Å². The molecule has 1 aliphatic heterocycles. The number of anilines is 1. The van der Waals surface area contributed by atoms with E-state index in [1.807, 2.05) is 23.1 Å². The lowest BCUT2D eigenvalue weighted by molar-refractivity contribution is 0.0767. The summed E-state index contributed by atoms with van der Waals surface area (Å²) >= 11 is 1.41. The van der Waals surface area contributed by atoms with Crippen LogP contribution in [0.4, 0.5) is 9.52 Å². The average molecular weight is 396 g/mol. The Morgan fingerprint density at radius 2 is 1.79 bits per heavy atom. The Morgan fingerprint density at radius 1 is 1.00 bits per heavy atom. The molecule has 0 spiro atoms. The second-order valence-electron chi connectivity index (χ2n) is 6.80. The number of amides is 1. The van der Waals surface area contributed by atoms with E-state index >= 15 is 0 Å². The highest BCUT2D eigenvalue weighted by molar-refractivity contribution is 7.09. The van der Waals surface area contributed by atoms with Crippen molar-refractivity contribution in [2.75, 3.05) is 31.1 Å². The average Bonchev–Trinajstić information content (AvgIpc) is 3.04. The molecule has 0 N–H and O–H groups in total. The van der Waals surface area contributed by atoms with Gasteiger partial charge >= 0.3 is 0 Å². The lowest BCUT2D eigenvalue weighted by Crippen LogP contribution is -2.35. The fraction of sp³-hybridized carbons (Fsp3) is 0.286. The molecule has 1 fully saturated rings. The minimum atomic E-state index is -0.332. The quantitative estimate of drug-likeness (QED) is 0.676. The fourth-order valence-corrected chi connectivity index (χ4v) is 4.05. The van der Waals surface area contributed by atoms with E-state index in [4.69, 9.17) is 4.98 Å². The normalized spacial score (nSPS) is 14.8. The van der Waals surface area contributed by atoms with E-state index in [2.05, 4.69) is 21.4 Å². The van der Waals surface area contributed by atoms with Crippen LogP contribution in [-0.2, 0) is 6.42 Å². The maximum absolute atomic E-state index is 13.1. The summed E-state index contributed by atoms with van der Waals surface area (Å²) in [4.78, 5) is 21.4. The van der Waals surface area contributed by atoms with Crippen LogP contribution in [0.2, 0.25) is 0 Å². The molecule has 1 aliphatic rings. The minimum Gasteiger partial charge on any atom is -0.345 e. The number of aromatic nitrogens is 2. The van der Waals surface area contributed by atoms with Gasteiger partial charge in [-0.15, -0.1) is 0 Å². The van der Waals surface area contributed by atoms with Gasteiger partial charge in [-0.05, 0) is 36.2 Å². The summed E-state index contributed by atoms with van der Waals surface area (Å²) in [5, 5.41) is 0.905. The maximum atomic E-state index is 13.1. The monoisotopic (exact) mass is 396 g/mol. The van der Waals surface area contributed by atoms with Gasteiger partial charge in [-0.3, -0.25) is 4.79 Å². The topological polar surface area (TPSA) is 49.3 Å². The van der Waals surface area contributed by atoms with Gasteiger partial charge in [0.05, 0.1) is 0 Å². The molecule has 4 rings (SSSR count). The van der Waals surface area contributed by atoms with Crippen molar-refractivity contribution in [3.63, 3.8) is 0 Å². The molecule has 1 saturated heterocycles. The lowest BCUT2D eigenvalue weighted by atomic mass is 10.1. The summed E-state index contributed by atoms with van der Waals surface area (Å²) in [6.07, 6.45) is 1.58. The molecule has 0 radical (unpaired) electrons. The molecule has 3 aromatic rings. The number of benzene rings is 2. The predicted octanol–water partition coefficient (Wildman–Crippen LogP) is 3.62. The van der Waals surface area contributed by atoms with Crippen LogP contribution in [0, 0.1) is 5.82 Å². The molecule has 0 aliphatic carbocycles. The van der Waals surface area contributed by atoms with Crippen LogP contribution in [0.1, 0.15) is 28.2 Å². The van der Waals surface area contributed by atoms with Gasteiger partial charge in [-0.2, -0.15) is 4.37 Å². The Kier molecular flexibility index (Phi) is 5.62. The molecule has 28 heavy (non-hydrogen) atoms. The Bertz CT molecular complexity index is 929. The van der Waals surface area contributed by atoms with E-state index in [9.17, 15) is 9.18 Å². The van der Waals surface area contributed by atoms with Crippen LogP contribution in [-0.4, -0.2) is 46.3 Å². The highest BCUT2D eigenvalue weighted by atomic mass is 32.1. The molecule has 2 heterocycles. The second kappa shape index (κ2) is 8.48. The molecule has 0 bridgehead atoms. The van der Waals surface area contributed by atoms with E-state index in [0.717, 1.165) is 30.3 Å². The first-order valence-electron chi connectivity index (χ1n) is 9.35. The molecule has 7 heteroatoms. The van der Waals surface area contributed by atoms with Gasteiger partial charge in [-0.25, -0.2) is 9.37 Å². The third-order valence-corrected chi connectivity index (χ3v) is 5.62. The van der Waals surface area contributed by atoms with Gasteiger partial charge in [0.2, 0.25) is 5.13 Å². The molecule has 144 valence electrons. The first kappa shape index (κ1) is 18.6. The summed E-state index contributed by atoms with van der Waals surface area (Å²) in [7, 11) is 0. The number of rotatable bonds is 4. The third-order valence-electron chi connectivity index (χ3n) is 4.81. The van der Waals surface area contributed by atoms with E-state index in [1.54, 1.807) is 12.1 Å². The van der Waals surface area contributed by atoms with E-state index in [1.165, 1.54) is 29.2 Å². The highest BCUT2D eigenvalue weighted by Gasteiger charge is 2.22. The molecule has 1 amide bonds. The Balaban J connectivity index is 1.39. The van der Waals surface area contributed by atoms with Crippen molar-refractivity contribution in [1.82, 2.24) is 14.3 Å². The molecule has 0 saturated carbocycles. The number of nitrogens with zero attached hydrogens (tertiary/aromatic N) is 4. The van der Waals surface area contributed by atoms with Crippen molar-refractivity contribution < 1.29 is 9.18 Å². The number of hydrogen-bond donors (Lipinski definition) is 0. The van der Waals surface area contributed by atoms with Crippen molar-refractivity contribution >= 4 is 22.6 Å². The van der Waals surface area contributed by atoms with Crippen LogP contribution in [0.3, 0.4) is 0 Å². The van der Waals surface area contributed by atoms with Gasteiger partial charge in [0.15, 0.2) is 0 Å². The summed E-state index contributed by atoms with van der Waals surface area (Å²) in [6, 6.07) is 15.9. The van der Waals surface area contributed by atoms with Gasteiger partial charge in [0.25, 0.3) is 5.91 Å². The van der Waals surface area contributed by atoms with Crippen molar-refractivity contribution in [2.24, 2.45) is 0 Å². The van der Waals surface area contributed by atoms with E-state index in [-0.39, 0.29) is 11.7 Å². The highest BCUT2D eigenvalue weighted by Crippen LogP contribution is 2.21. The number of halogens is 1. The lowest BCUT2D eigenvalue weighted by Gasteiger charge is -2.21. The van der Waals surface area contributed by atoms with Crippen LogP contribution in [0.5, 0.6) is 0 Å². The van der Waals surface area contributed by atoms with Crippen LogP contribution in [0.25, 0.3) is 0 Å². The SMILES string of the molecule is O=C(c1ccc(F)cc1)N1CCCN(c2nc(Cc3ccccc3)ns2)CC1. The Labute approximate surface area is 167 Å². The Morgan fingerprint density at radius 3 is 2.57 bits per heavy atom. The van der Waals surface area contributed by atoms with Crippen LogP contribution < -0.4 is 4.90 Å². The zero-order chi connectivity index (χ0) is 19.3. The van der Waals surface area contributed by atoms with Crippen molar-refractivity contribution in [2.45, 2.75) is 12.8 Å². The zero-order valence-corrected chi connectivity index (χ0v) is 16.2. The fourth-order valence-electron chi connectivity index (χ4n) is 3.31. The summed E-state index contributed by atoms with van der Waals surface area (Å²) in [6.45, 7) is 2.85. The van der Waals surface area contributed by atoms with Crippen molar-refractivity contribution in [1.29, 1.82) is 0 Å². The molecule has 2 aromatic carbocycles. The van der Waals surface area contributed by atoms with Crippen LogP contribution >= 0.6 is 11.5 Å². The molecule has 1 aromatic heterocycles. The predicted molar refractivity (Wildman–Crippen MR) is 108 cm³/mol. The number of carbonyl (C=O) groups is 1. The summed E-state index contributed by atoms with van der Waals surface area (Å²) < 4.78 is 17.6. The third kappa shape index (κ3) is 4.36. The minimum absolute atomic E-state index is 0.0520. The van der Waals surface area contributed by atoms with E-state index < -0.39 is 0 Å². The molecule has 0 atom stereocenters. The second-order valence-corrected chi connectivity index (χ2v) is 7.53. The maximum Gasteiger partial charge on any atom is 0.253 e. The van der Waals surface area contributed by atoms with Gasteiger partial charge < -0.3 is 9.80 Å². The van der Waals surface area contributed by atoms with Crippen molar-refractivity contribution in [3.8, 4) is 0 Å². The van der Waals surface area contributed by atoms with Gasteiger partial charge in [0, 0.05) is 49.7 Å². The largest absolute Gasteiger partial charge is 0.345 e. The number of carbonyl (C=O) groups excluding carboxylic acids is 1. The standard InChI is InChI=1S/C21H21FN4OS/c22-18-9-7-17(8-10-18)20(27)25-11-4-12-26(14-13-25)21-23-19(24-28-21)15-16-5-2-1-3-6-16/h1-3,5-10H,4,11-15H2. The summed E-state index contributed by atoms with van der Waals surface area (Å²) in [5.41, 5.74) is 1.72.